The SMILES string of the molecule is Cc1cc(NC(=O)C2CCN(C(=O)c3sc(-c4ccccc4)nc3-c3ccccc3)CC2)no1. The van der Waals surface area contributed by atoms with E-state index in [1.165, 1.54) is 11.3 Å². The molecule has 1 N–H and O–H groups in total. The van der Waals surface area contributed by atoms with E-state index in [2.05, 4.69) is 10.5 Å². The van der Waals surface area contributed by atoms with Crippen LogP contribution in [-0.2, 0) is 4.79 Å². The van der Waals surface area contributed by atoms with Crippen LogP contribution in [0.25, 0.3) is 21.8 Å². The zero-order chi connectivity index (χ0) is 23.5. The Labute approximate surface area is 201 Å². The molecule has 0 saturated carbocycles. The Balaban J connectivity index is 1.33. The summed E-state index contributed by atoms with van der Waals surface area (Å²) in [6.07, 6.45) is 1.19. The fourth-order valence-electron chi connectivity index (χ4n) is 4.10. The molecule has 1 saturated heterocycles. The number of thiazole rings is 1. The molecule has 0 aliphatic carbocycles. The van der Waals surface area contributed by atoms with Crippen LogP contribution < -0.4 is 5.32 Å². The van der Waals surface area contributed by atoms with Crippen molar-refractivity contribution in [2.75, 3.05) is 18.4 Å². The van der Waals surface area contributed by atoms with E-state index >= 15 is 0 Å². The van der Waals surface area contributed by atoms with Crippen LogP contribution in [-0.4, -0.2) is 39.9 Å². The predicted molar refractivity (Wildman–Crippen MR) is 131 cm³/mol. The van der Waals surface area contributed by atoms with Crippen LogP contribution in [0.15, 0.2) is 71.3 Å². The van der Waals surface area contributed by atoms with E-state index in [9.17, 15) is 9.59 Å². The molecule has 172 valence electrons. The quantitative estimate of drug-likeness (QED) is 0.428. The van der Waals surface area contributed by atoms with E-state index in [1.54, 1.807) is 13.0 Å². The Morgan fingerprint density at radius 2 is 1.65 bits per heavy atom. The van der Waals surface area contributed by atoms with Crippen molar-refractivity contribution in [1.82, 2.24) is 15.0 Å². The molecule has 7 nitrogen and oxygen atoms in total. The molecule has 2 amide bonds. The number of amides is 2. The lowest BCUT2D eigenvalue weighted by Crippen LogP contribution is -2.41. The van der Waals surface area contributed by atoms with Crippen molar-refractivity contribution in [1.29, 1.82) is 0 Å². The first-order valence-corrected chi connectivity index (χ1v) is 12.1. The van der Waals surface area contributed by atoms with Crippen LogP contribution >= 0.6 is 11.3 Å². The number of anilines is 1. The first-order chi connectivity index (χ1) is 16.6. The second-order valence-corrected chi connectivity index (χ2v) is 9.31. The molecular weight excluding hydrogens is 448 g/mol. The maximum atomic E-state index is 13.6. The zero-order valence-corrected chi connectivity index (χ0v) is 19.5. The van der Waals surface area contributed by atoms with Crippen LogP contribution in [0, 0.1) is 12.8 Å². The number of benzene rings is 2. The molecule has 0 unspecified atom stereocenters. The first-order valence-electron chi connectivity index (χ1n) is 11.2. The van der Waals surface area contributed by atoms with Crippen molar-refractivity contribution in [3.8, 4) is 21.8 Å². The van der Waals surface area contributed by atoms with Gasteiger partial charge in [0.2, 0.25) is 5.91 Å². The van der Waals surface area contributed by atoms with Crippen LogP contribution in [0.3, 0.4) is 0 Å². The van der Waals surface area contributed by atoms with Crippen molar-refractivity contribution in [3.63, 3.8) is 0 Å². The van der Waals surface area contributed by atoms with Crippen LogP contribution in [0.1, 0.15) is 28.3 Å². The average molecular weight is 473 g/mol. The molecule has 1 fully saturated rings. The molecule has 1 aliphatic heterocycles. The highest BCUT2D eigenvalue weighted by molar-refractivity contribution is 7.17. The molecule has 0 bridgehead atoms. The summed E-state index contributed by atoms with van der Waals surface area (Å²) in [4.78, 5) is 33.5. The molecule has 34 heavy (non-hydrogen) atoms. The number of aromatic nitrogens is 2. The Bertz CT molecular complexity index is 1290. The number of piperidine rings is 1. The molecule has 1 aliphatic rings. The summed E-state index contributed by atoms with van der Waals surface area (Å²) in [6.45, 7) is 2.81. The number of likely N-dealkylation sites (tertiary alicyclic amines) is 1. The maximum Gasteiger partial charge on any atom is 0.266 e. The van der Waals surface area contributed by atoms with Crippen molar-refractivity contribution >= 4 is 29.0 Å². The monoisotopic (exact) mass is 472 g/mol. The first kappa shape index (κ1) is 22.0. The highest BCUT2D eigenvalue weighted by Crippen LogP contribution is 2.35. The molecule has 4 aromatic rings. The Morgan fingerprint density at radius 3 is 2.26 bits per heavy atom. The number of carbonyl (C=O) groups is 2. The van der Waals surface area contributed by atoms with Gasteiger partial charge < -0.3 is 14.7 Å². The number of nitrogens with one attached hydrogen (secondary N) is 1. The predicted octanol–water partition coefficient (Wildman–Crippen LogP) is 5.26. The fourth-order valence-corrected chi connectivity index (χ4v) is 5.16. The molecule has 0 radical (unpaired) electrons. The summed E-state index contributed by atoms with van der Waals surface area (Å²) >= 11 is 1.42. The van der Waals surface area contributed by atoms with Gasteiger partial charge in [0.1, 0.15) is 15.6 Å². The minimum Gasteiger partial charge on any atom is -0.360 e. The summed E-state index contributed by atoms with van der Waals surface area (Å²) in [6, 6.07) is 21.4. The van der Waals surface area contributed by atoms with E-state index < -0.39 is 0 Å². The molecule has 2 aromatic heterocycles. The number of hydrogen-bond donors (Lipinski definition) is 1. The van der Waals surface area contributed by atoms with Gasteiger partial charge in [0.25, 0.3) is 5.91 Å². The van der Waals surface area contributed by atoms with Crippen molar-refractivity contribution in [3.05, 3.63) is 77.4 Å². The Hall–Kier alpha value is -3.78. The Kier molecular flexibility index (Phi) is 6.22. The van der Waals surface area contributed by atoms with Crippen molar-refractivity contribution in [2.24, 2.45) is 5.92 Å². The number of rotatable bonds is 5. The topological polar surface area (TPSA) is 88.3 Å². The van der Waals surface area contributed by atoms with Crippen LogP contribution in [0.4, 0.5) is 5.82 Å². The van der Waals surface area contributed by atoms with E-state index in [1.807, 2.05) is 65.6 Å². The minimum absolute atomic E-state index is 0.0375. The zero-order valence-electron chi connectivity index (χ0n) is 18.7. The van der Waals surface area contributed by atoms with E-state index in [4.69, 9.17) is 9.51 Å². The third kappa shape index (κ3) is 4.63. The van der Waals surface area contributed by atoms with Crippen LogP contribution in [0.2, 0.25) is 0 Å². The van der Waals surface area contributed by atoms with Gasteiger partial charge in [0.15, 0.2) is 5.82 Å². The minimum atomic E-state index is -0.170. The number of aryl methyl sites for hydroxylation is 1. The summed E-state index contributed by atoms with van der Waals surface area (Å²) in [5.74, 6) is 0.769. The third-order valence-electron chi connectivity index (χ3n) is 5.92. The van der Waals surface area contributed by atoms with Gasteiger partial charge in [0.05, 0.1) is 5.69 Å². The molecule has 2 aromatic carbocycles. The lowest BCUT2D eigenvalue weighted by atomic mass is 9.95. The highest BCUT2D eigenvalue weighted by Gasteiger charge is 2.31. The van der Waals surface area contributed by atoms with Gasteiger partial charge in [-0.05, 0) is 19.8 Å². The van der Waals surface area contributed by atoms with Gasteiger partial charge in [-0.3, -0.25) is 9.59 Å². The van der Waals surface area contributed by atoms with Gasteiger partial charge >= 0.3 is 0 Å². The fraction of sp³-hybridized carbons (Fsp3) is 0.231. The number of nitrogens with zero attached hydrogens (tertiary/aromatic N) is 3. The normalized spacial score (nSPS) is 14.2. The van der Waals surface area contributed by atoms with Crippen molar-refractivity contribution in [2.45, 2.75) is 19.8 Å². The molecule has 0 atom stereocenters. The summed E-state index contributed by atoms with van der Waals surface area (Å²) in [5.41, 5.74) is 2.61. The lowest BCUT2D eigenvalue weighted by Gasteiger charge is -2.31. The largest absolute Gasteiger partial charge is 0.360 e. The van der Waals surface area contributed by atoms with E-state index in [-0.39, 0.29) is 17.7 Å². The van der Waals surface area contributed by atoms with Crippen molar-refractivity contribution < 1.29 is 14.1 Å². The Morgan fingerprint density at radius 1 is 1.00 bits per heavy atom. The summed E-state index contributed by atoms with van der Waals surface area (Å²) in [7, 11) is 0. The molecular formula is C26H24N4O3S. The van der Waals surface area contributed by atoms with E-state index in [0.717, 1.165) is 16.1 Å². The maximum absolute atomic E-state index is 13.6. The second kappa shape index (κ2) is 9.61. The lowest BCUT2D eigenvalue weighted by molar-refractivity contribution is -0.121. The molecule has 3 heterocycles. The van der Waals surface area contributed by atoms with Gasteiger partial charge in [-0.15, -0.1) is 11.3 Å². The van der Waals surface area contributed by atoms with Gasteiger partial charge in [0, 0.05) is 36.2 Å². The third-order valence-corrected chi connectivity index (χ3v) is 7.01. The summed E-state index contributed by atoms with van der Waals surface area (Å²) in [5, 5.41) is 7.45. The second-order valence-electron chi connectivity index (χ2n) is 8.31. The van der Waals surface area contributed by atoms with E-state index in [0.29, 0.717) is 48.1 Å². The van der Waals surface area contributed by atoms with Gasteiger partial charge in [-0.25, -0.2) is 4.98 Å². The van der Waals surface area contributed by atoms with Crippen LogP contribution in [0.5, 0.6) is 0 Å². The molecule has 0 spiro atoms. The smallest absolute Gasteiger partial charge is 0.266 e. The standard InChI is InChI=1S/C26H24N4O3S/c1-17-16-21(29-33-17)27-24(31)19-12-14-30(15-13-19)26(32)23-22(18-8-4-2-5-9-18)28-25(34-23)20-10-6-3-7-11-20/h2-11,16,19H,12-15H2,1H3,(H,27,29,31). The summed E-state index contributed by atoms with van der Waals surface area (Å²) < 4.78 is 5.01. The van der Waals surface area contributed by atoms with Gasteiger partial charge in [-0.1, -0.05) is 65.8 Å². The van der Waals surface area contributed by atoms with Gasteiger partial charge in [-0.2, -0.15) is 0 Å². The number of hydrogen-bond acceptors (Lipinski definition) is 6. The highest BCUT2D eigenvalue weighted by atomic mass is 32.1. The average Bonchev–Trinajstić information content (AvgIpc) is 3.51. The molecule has 5 rings (SSSR count). The molecule has 8 heteroatoms. The number of carbonyl (C=O) groups excluding carboxylic acids is 2.